The average Bonchev–Trinajstić information content (AvgIpc) is 2.42. The van der Waals surface area contributed by atoms with Gasteiger partial charge in [0.05, 0.1) is 12.9 Å². The number of nitrogens with zero attached hydrogens (tertiary/aromatic N) is 1. The van der Waals surface area contributed by atoms with Crippen molar-refractivity contribution in [3.63, 3.8) is 0 Å². The van der Waals surface area contributed by atoms with E-state index in [1.165, 1.54) is 4.31 Å². The van der Waals surface area contributed by atoms with Crippen LogP contribution in [0.5, 0.6) is 5.75 Å². The zero-order chi connectivity index (χ0) is 14.3. The number of hydrogen-bond donors (Lipinski definition) is 0. The number of likely N-dealkylation sites (N-methyl/N-ethyl adjacent to an activating group) is 1. The van der Waals surface area contributed by atoms with Crippen molar-refractivity contribution in [3.8, 4) is 5.75 Å². The highest BCUT2D eigenvalue weighted by molar-refractivity contribution is 7.89. The van der Waals surface area contributed by atoms with E-state index in [9.17, 15) is 8.42 Å². The normalized spacial score (nSPS) is 11.8. The molecule has 0 amide bonds. The molecule has 0 aliphatic carbocycles. The fraction of sp³-hybridized carbons (Fsp3) is 0.571. The molecule has 4 nitrogen and oxygen atoms in total. The van der Waals surface area contributed by atoms with E-state index < -0.39 is 10.0 Å². The summed E-state index contributed by atoms with van der Waals surface area (Å²) in [6, 6.07) is 7.69. The minimum absolute atomic E-state index is 0.228. The van der Waals surface area contributed by atoms with E-state index in [1.54, 1.807) is 14.2 Å². The molecule has 5 heteroatoms. The number of methoxy groups -OCH3 is 1. The van der Waals surface area contributed by atoms with Crippen molar-refractivity contribution in [1.29, 1.82) is 0 Å². The van der Waals surface area contributed by atoms with E-state index >= 15 is 0 Å². The maximum atomic E-state index is 12.0. The Morgan fingerprint density at radius 3 is 2.58 bits per heavy atom. The first-order chi connectivity index (χ1) is 9.01. The summed E-state index contributed by atoms with van der Waals surface area (Å²) < 4.78 is 30.6. The van der Waals surface area contributed by atoms with Gasteiger partial charge in [0.15, 0.2) is 0 Å². The van der Waals surface area contributed by atoms with Gasteiger partial charge in [0.1, 0.15) is 5.75 Å². The molecule has 0 spiro atoms. The second-order valence-electron chi connectivity index (χ2n) is 4.55. The van der Waals surface area contributed by atoms with Crippen molar-refractivity contribution < 1.29 is 13.2 Å². The van der Waals surface area contributed by atoms with Gasteiger partial charge in [-0.05, 0) is 24.5 Å². The Morgan fingerprint density at radius 2 is 1.95 bits per heavy atom. The molecule has 0 bridgehead atoms. The summed E-state index contributed by atoms with van der Waals surface area (Å²) in [7, 11) is 0.145. The van der Waals surface area contributed by atoms with Gasteiger partial charge >= 0.3 is 0 Å². The molecule has 1 aromatic carbocycles. The predicted octanol–water partition coefficient (Wildman–Crippen LogP) is 2.30. The molecule has 0 aromatic heterocycles. The van der Waals surface area contributed by atoms with Gasteiger partial charge in [0.2, 0.25) is 10.0 Å². The van der Waals surface area contributed by atoms with E-state index in [0.29, 0.717) is 19.4 Å². The third-order valence-corrected chi connectivity index (χ3v) is 5.06. The standard InChI is InChI=1S/C14H23NO3S/c1-4-5-12-19(16,17)15(2)11-10-13-8-6-7-9-14(13)18-3/h6-9H,4-5,10-12H2,1-3H3. The van der Waals surface area contributed by atoms with Crippen LogP contribution in [0.3, 0.4) is 0 Å². The third-order valence-electron chi connectivity index (χ3n) is 3.12. The number of para-hydroxylation sites is 1. The molecule has 0 heterocycles. The van der Waals surface area contributed by atoms with Gasteiger partial charge in [-0.25, -0.2) is 12.7 Å². The molecule has 0 atom stereocenters. The number of sulfonamides is 1. The summed E-state index contributed by atoms with van der Waals surface area (Å²) in [5, 5.41) is 0. The molecule has 0 radical (unpaired) electrons. The van der Waals surface area contributed by atoms with Gasteiger partial charge in [0.25, 0.3) is 0 Å². The van der Waals surface area contributed by atoms with Gasteiger partial charge in [-0.3, -0.25) is 0 Å². The quantitative estimate of drug-likeness (QED) is 0.736. The van der Waals surface area contributed by atoms with Crippen molar-refractivity contribution in [2.45, 2.75) is 26.2 Å². The molecule has 0 saturated heterocycles. The largest absolute Gasteiger partial charge is 0.496 e. The first-order valence-corrected chi connectivity index (χ1v) is 8.18. The Kier molecular flexibility index (Phi) is 6.31. The number of ether oxygens (including phenoxy) is 1. The molecule has 0 fully saturated rings. The van der Waals surface area contributed by atoms with E-state index in [0.717, 1.165) is 17.7 Å². The first kappa shape index (κ1) is 16.0. The van der Waals surface area contributed by atoms with Crippen LogP contribution in [0.2, 0.25) is 0 Å². The highest BCUT2D eigenvalue weighted by Crippen LogP contribution is 2.18. The zero-order valence-corrected chi connectivity index (χ0v) is 12.7. The van der Waals surface area contributed by atoms with E-state index in [1.807, 2.05) is 31.2 Å². The fourth-order valence-electron chi connectivity index (χ4n) is 1.81. The second-order valence-corrected chi connectivity index (χ2v) is 6.75. The van der Waals surface area contributed by atoms with Crippen LogP contribution in [0, 0.1) is 0 Å². The molecule has 0 saturated carbocycles. The predicted molar refractivity (Wildman–Crippen MR) is 78.0 cm³/mol. The molecule has 19 heavy (non-hydrogen) atoms. The fourth-order valence-corrected chi connectivity index (χ4v) is 3.14. The Labute approximate surface area is 116 Å². The van der Waals surface area contributed by atoms with Crippen molar-refractivity contribution in [2.24, 2.45) is 0 Å². The van der Waals surface area contributed by atoms with Crippen molar-refractivity contribution >= 4 is 10.0 Å². The van der Waals surface area contributed by atoms with Crippen LogP contribution in [0.25, 0.3) is 0 Å². The minimum Gasteiger partial charge on any atom is -0.496 e. The SMILES string of the molecule is CCCCS(=O)(=O)N(C)CCc1ccccc1OC. The van der Waals surface area contributed by atoms with E-state index in [2.05, 4.69) is 0 Å². The molecule has 0 N–H and O–H groups in total. The third kappa shape index (κ3) is 4.84. The summed E-state index contributed by atoms with van der Waals surface area (Å²) in [5.74, 6) is 1.04. The Balaban J connectivity index is 2.61. The molecule has 1 aromatic rings. The lowest BCUT2D eigenvalue weighted by Crippen LogP contribution is -2.31. The topological polar surface area (TPSA) is 46.6 Å². The monoisotopic (exact) mass is 285 g/mol. The second kappa shape index (κ2) is 7.50. The van der Waals surface area contributed by atoms with Crippen LogP contribution in [-0.2, 0) is 16.4 Å². The van der Waals surface area contributed by atoms with Crippen LogP contribution in [0.15, 0.2) is 24.3 Å². The summed E-state index contributed by atoms with van der Waals surface area (Å²) in [6.07, 6.45) is 2.26. The van der Waals surface area contributed by atoms with Crippen molar-refractivity contribution in [3.05, 3.63) is 29.8 Å². The number of hydrogen-bond acceptors (Lipinski definition) is 3. The Morgan fingerprint density at radius 1 is 1.26 bits per heavy atom. The maximum absolute atomic E-state index is 12.0. The molecular formula is C14H23NO3S. The molecular weight excluding hydrogens is 262 g/mol. The molecule has 0 aliphatic heterocycles. The highest BCUT2D eigenvalue weighted by Gasteiger charge is 2.17. The first-order valence-electron chi connectivity index (χ1n) is 6.57. The number of unbranched alkanes of at least 4 members (excludes halogenated alkanes) is 1. The Hall–Kier alpha value is -1.07. The van der Waals surface area contributed by atoms with Crippen molar-refractivity contribution in [2.75, 3.05) is 26.5 Å². The number of rotatable bonds is 8. The van der Waals surface area contributed by atoms with Gasteiger partial charge in [-0.15, -0.1) is 0 Å². The maximum Gasteiger partial charge on any atom is 0.213 e. The van der Waals surface area contributed by atoms with Gasteiger partial charge in [-0.1, -0.05) is 31.5 Å². The summed E-state index contributed by atoms with van der Waals surface area (Å²) in [4.78, 5) is 0. The summed E-state index contributed by atoms with van der Waals surface area (Å²) >= 11 is 0. The van der Waals surface area contributed by atoms with Gasteiger partial charge in [0, 0.05) is 13.6 Å². The zero-order valence-electron chi connectivity index (χ0n) is 11.9. The van der Waals surface area contributed by atoms with Crippen molar-refractivity contribution in [1.82, 2.24) is 4.31 Å². The lowest BCUT2D eigenvalue weighted by Gasteiger charge is -2.17. The summed E-state index contributed by atoms with van der Waals surface area (Å²) in [6.45, 7) is 2.47. The average molecular weight is 285 g/mol. The van der Waals surface area contributed by atoms with Crippen LogP contribution < -0.4 is 4.74 Å². The molecule has 1 rings (SSSR count). The summed E-state index contributed by atoms with van der Waals surface area (Å²) in [5.41, 5.74) is 1.03. The van der Waals surface area contributed by atoms with Crippen LogP contribution in [-0.4, -0.2) is 39.2 Å². The Bertz CT molecular complexity index is 485. The van der Waals surface area contributed by atoms with Gasteiger partial charge < -0.3 is 4.74 Å². The number of benzene rings is 1. The van der Waals surface area contributed by atoms with Gasteiger partial charge in [-0.2, -0.15) is 0 Å². The highest BCUT2D eigenvalue weighted by atomic mass is 32.2. The molecule has 0 aliphatic rings. The van der Waals surface area contributed by atoms with Crippen LogP contribution in [0.4, 0.5) is 0 Å². The van der Waals surface area contributed by atoms with Crippen LogP contribution >= 0.6 is 0 Å². The lowest BCUT2D eigenvalue weighted by molar-refractivity contribution is 0.405. The molecule has 108 valence electrons. The van der Waals surface area contributed by atoms with Crippen LogP contribution in [0.1, 0.15) is 25.3 Å². The smallest absolute Gasteiger partial charge is 0.213 e. The molecule has 0 unspecified atom stereocenters. The lowest BCUT2D eigenvalue weighted by atomic mass is 10.1. The van der Waals surface area contributed by atoms with E-state index in [4.69, 9.17) is 4.74 Å². The minimum atomic E-state index is -3.12. The van der Waals surface area contributed by atoms with E-state index in [-0.39, 0.29) is 5.75 Å².